The number of nitrogens with zero attached hydrogens (tertiary/aromatic N) is 3. The molecule has 12 heavy (non-hydrogen) atoms. The van der Waals surface area contributed by atoms with E-state index in [0.29, 0.717) is 0 Å². The highest BCUT2D eigenvalue weighted by atomic mass is 32.2. The minimum atomic E-state index is -3.56. The summed E-state index contributed by atoms with van der Waals surface area (Å²) in [5, 5.41) is 15.2. The minimum absolute atomic E-state index is 0.172. The van der Waals surface area contributed by atoms with E-state index in [0.717, 1.165) is 11.3 Å². The zero-order valence-electron chi connectivity index (χ0n) is 5.76. The van der Waals surface area contributed by atoms with E-state index in [9.17, 15) is 8.42 Å². The fraction of sp³-hybridized carbons (Fsp3) is 0.250. The Hall–Kier alpha value is -1.20. The lowest BCUT2D eigenvalue weighted by Crippen LogP contribution is -2.15. The van der Waals surface area contributed by atoms with Crippen molar-refractivity contribution in [1.82, 2.24) is 10.2 Å². The van der Waals surface area contributed by atoms with Crippen molar-refractivity contribution in [1.29, 1.82) is 5.26 Å². The average Bonchev–Trinajstić information content (AvgIpc) is 2.38. The van der Waals surface area contributed by atoms with Crippen LogP contribution < -0.4 is 4.72 Å². The van der Waals surface area contributed by atoms with Gasteiger partial charge in [0, 0.05) is 0 Å². The highest BCUT2D eigenvalue weighted by molar-refractivity contribution is 7.93. The van der Waals surface area contributed by atoms with Crippen molar-refractivity contribution in [3.8, 4) is 6.07 Å². The molecule has 0 saturated carbocycles. The largest absolute Gasteiger partial charge is 0.256 e. The molecule has 0 atom stereocenters. The molecular formula is C4H4N4O2S2. The normalized spacial score (nSPS) is 10.6. The van der Waals surface area contributed by atoms with Gasteiger partial charge in [0.2, 0.25) is 15.2 Å². The molecule has 0 fully saturated rings. The lowest BCUT2D eigenvalue weighted by atomic mass is 10.9. The van der Waals surface area contributed by atoms with Gasteiger partial charge < -0.3 is 0 Å². The van der Waals surface area contributed by atoms with Gasteiger partial charge in [-0.05, 0) is 0 Å². The molecule has 6 nitrogen and oxygen atoms in total. The predicted octanol–water partition coefficient (Wildman–Crippen LogP) is -0.197. The molecule has 0 aliphatic rings. The Morgan fingerprint density at radius 3 is 3.00 bits per heavy atom. The number of nitrogens with one attached hydrogen (secondary N) is 1. The summed E-state index contributed by atoms with van der Waals surface area (Å²) in [5.41, 5.74) is 1.39. The molecule has 64 valence electrons. The Bertz CT molecular complexity index is 376. The summed E-state index contributed by atoms with van der Waals surface area (Å²) >= 11 is 1.05. The van der Waals surface area contributed by atoms with Crippen LogP contribution in [0.25, 0.3) is 0 Å². The molecular weight excluding hydrogens is 200 g/mol. The summed E-state index contributed by atoms with van der Waals surface area (Å²) in [5.74, 6) is -0.577. The summed E-state index contributed by atoms with van der Waals surface area (Å²) < 4.78 is 23.9. The number of anilines is 1. The minimum Gasteiger partial charge on any atom is -0.256 e. The van der Waals surface area contributed by atoms with E-state index in [1.165, 1.54) is 11.6 Å². The van der Waals surface area contributed by atoms with E-state index in [-0.39, 0.29) is 5.13 Å². The third-order valence-electron chi connectivity index (χ3n) is 0.857. The van der Waals surface area contributed by atoms with Crippen LogP contribution in [0.2, 0.25) is 0 Å². The number of hydrogen-bond donors (Lipinski definition) is 1. The lowest BCUT2D eigenvalue weighted by molar-refractivity contribution is 0.604. The van der Waals surface area contributed by atoms with Crippen molar-refractivity contribution >= 4 is 26.5 Å². The zero-order chi connectivity index (χ0) is 9.03. The summed E-state index contributed by atoms with van der Waals surface area (Å²) in [6.07, 6.45) is 0. The number of aromatic nitrogens is 2. The topological polar surface area (TPSA) is 95.7 Å². The van der Waals surface area contributed by atoms with E-state index < -0.39 is 15.8 Å². The van der Waals surface area contributed by atoms with Gasteiger partial charge in [-0.2, -0.15) is 5.26 Å². The van der Waals surface area contributed by atoms with Crippen molar-refractivity contribution in [3.63, 3.8) is 0 Å². The third kappa shape index (κ3) is 2.44. The predicted molar refractivity (Wildman–Crippen MR) is 42.9 cm³/mol. The van der Waals surface area contributed by atoms with Gasteiger partial charge in [-0.15, -0.1) is 10.2 Å². The molecule has 0 aliphatic carbocycles. The molecule has 0 radical (unpaired) electrons. The Morgan fingerprint density at radius 2 is 2.50 bits per heavy atom. The fourth-order valence-electron chi connectivity index (χ4n) is 0.472. The molecule has 0 aliphatic heterocycles. The lowest BCUT2D eigenvalue weighted by Gasteiger charge is -1.97. The summed E-state index contributed by atoms with van der Waals surface area (Å²) in [6, 6.07) is 1.53. The molecule has 0 bridgehead atoms. The van der Waals surface area contributed by atoms with E-state index in [1.807, 2.05) is 0 Å². The summed E-state index contributed by atoms with van der Waals surface area (Å²) in [6.45, 7) is 0. The van der Waals surface area contributed by atoms with E-state index >= 15 is 0 Å². The van der Waals surface area contributed by atoms with Crippen LogP contribution in [0.3, 0.4) is 0 Å². The maximum Gasteiger partial charge on any atom is 0.248 e. The fourth-order valence-corrected chi connectivity index (χ4v) is 1.88. The molecule has 0 aromatic carbocycles. The Balaban J connectivity index is 2.71. The van der Waals surface area contributed by atoms with Crippen molar-refractivity contribution in [2.24, 2.45) is 0 Å². The van der Waals surface area contributed by atoms with E-state index in [4.69, 9.17) is 5.26 Å². The maximum absolute atomic E-state index is 10.9. The first-order valence-electron chi connectivity index (χ1n) is 2.77. The van der Waals surface area contributed by atoms with Gasteiger partial charge in [0.05, 0.1) is 6.07 Å². The maximum atomic E-state index is 10.9. The summed E-state index contributed by atoms with van der Waals surface area (Å²) in [7, 11) is -3.56. The second-order valence-electron chi connectivity index (χ2n) is 1.76. The zero-order valence-corrected chi connectivity index (χ0v) is 7.39. The van der Waals surface area contributed by atoms with Crippen LogP contribution in [0.1, 0.15) is 0 Å². The first kappa shape index (κ1) is 8.89. The number of rotatable bonds is 3. The standard InChI is InChI=1S/C4H4N4O2S2/c5-1-2-12(9,10)8-4-7-6-3-11-4/h3H,2H2,(H,7,8). The first-order chi connectivity index (χ1) is 5.64. The van der Waals surface area contributed by atoms with Gasteiger partial charge in [0.1, 0.15) is 5.51 Å². The molecule has 0 saturated heterocycles. The highest BCUT2D eigenvalue weighted by Gasteiger charge is 2.10. The van der Waals surface area contributed by atoms with Gasteiger partial charge in [-0.3, -0.25) is 4.72 Å². The molecule has 1 N–H and O–H groups in total. The molecule has 0 amide bonds. The smallest absolute Gasteiger partial charge is 0.248 e. The Kier molecular flexibility index (Phi) is 2.57. The van der Waals surface area contributed by atoms with Gasteiger partial charge in [-0.1, -0.05) is 11.3 Å². The molecule has 1 aromatic rings. The van der Waals surface area contributed by atoms with Crippen LogP contribution in [0.4, 0.5) is 5.13 Å². The highest BCUT2D eigenvalue weighted by Crippen LogP contribution is 2.09. The third-order valence-corrected chi connectivity index (χ3v) is 2.61. The average molecular weight is 204 g/mol. The Labute approximate surface area is 72.9 Å². The Morgan fingerprint density at radius 1 is 1.75 bits per heavy atom. The molecule has 0 unspecified atom stereocenters. The van der Waals surface area contributed by atoms with Crippen molar-refractivity contribution < 1.29 is 8.42 Å². The number of sulfonamides is 1. The van der Waals surface area contributed by atoms with Crippen molar-refractivity contribution in [3.05, 3.63) is 5.51 Å². The number of hydrogen-bond acceptors (Lipinski definition) is 6. The van der Waals surface area contributed by atoms with E-state index in [1.54, 1.807) is 0 Å². The van der Waals surface area contributed by atoms with Crippen LogP contribution in [0, 0.1) is 11.3 Å². The molecule has 8 heteroatoms. The van der Waals surface area contributed by atoms with Crippen LogP contribution in [0.5, 0.6) is 0 Å². The van der Waals surface area contributed by atoms with Gasteiger partial charge in [0.25, 0.3) is 0 Å². The summed E-state index contributed by atoms with van der Waals surface area (Å²) in [4.78, 5) is 0. The quantitative estimate of drug-likeness (QED) is 0.735. The molecule has 1 aromatic heterocycles. The van der Waals surface area contributed by atoms with Gasteiger partial charge in [0.15, 0.2) is 5.75 Å². The van der Waals surface area contributed by atoms with Gasteiger partial charge >= 0.3 is 0 Å². The number of nitriles is 1. The molecule has 0 spiro atoms. The molecule has 1 rings (SSSR count). The van der Waals surface area contributed by atoms with Crippen molar-refractivity contribution in [2.75, 3.05) is 10.5 Å². The van der Waals surface area contributed by atoms with Crippen LogP contribution >= 0.6 is 11.3 Å². The van der Waals surface area contributed by atoms with E-state index in [2.05, 4.69) is 14.9 Å². The second-order valence-corrected chi connectivity index (χ2v) is 4.32. The molecule has 1 heterocycles. The first-order valence-corrected chi connectivity index (χ1v) is 5.31. The second kappa shape index (κ2) is 3.46. The van der Waals surface area contributed by atoms with Crippen LogP contribution in [-0.2, 0) is 10.0 Å². The van der Waals surface area contributed by atoms with Crippen molar-refractivity contribution in [2.45, 2.75) is 0 Å². The van der Waals surface area contributed by atoms with Crippen LogP contribution in [0.15, 0.2) is 5.51 Å². The SMILES string of the molecule is N#CCS(=O)(=O)Nc1nncs1. The van der Waals surface area contributed by atoms with Crippen LogP contribution in [-0.4, -0.2) is 24.4 Å². The van der Waals surface area contributed by atoms with Gasteiger partial charge in [-0.25, -0.2) is 8.42 Å². The monoisotopic (exact) mass is 204 g/mol.